The lowest BCUT2D eigenvalue weighted by molar-refractivity contribution is -0.144. The molecule has 2 aromatic rings. The van der Waals surface area contributed by atoms with Crippen LogP contribution in [0, 0.1) is 0 Å². The van der Waals surface area contributed by atoms with E-state index in [1.807, 2.05) is 24.3 Å². The summed E-state index contributed by atoms with van der Waals surface area (Å²) in [6.45, 7) is 5.29. The summed E-state index contributed by atoms with van der Waals surface area (Å²) in [7, 11) is 2.97. The first-order valence-corrected chi connectivity index (χ1v) is 15.7. The molecule has 41 heavy (non-hydrogen) atoms. The molecule has 1 unspecified atom stereocenters. The minimum atomic E-state index is -1.44. The molecule has 1 aliphatic carbocycles. The monoisotopic (exact) mass is 604 g/mol. The summed E-state index contributed by atoms with van der Waals surface area (Å²) in [5.74, 6) is 1.29. The van der Waals surface area contributed by atoms with Gasteiger partial charge < -0.3 is 29.2 Å². The molecule has 1 aliphatic rings. The first-order chi connectivity index (χ1) is 19.5. The highest BCUT2D eigenvalue weighted by Crippen LogP contribution is 2.42. The fourth-order valence-electron chi connectivity index (χ4n) is 3.55. The van der Waals surface area contributed by atoms with Crippen LogP contribution >= 0.6 is 21.6 Å². The van der Waals surface area contributed by atoms with Crippen molar-refractivity contribution < 1.29 is 43.5 Å². The molecule has 0 radical (unpaired) electrons. The fraction of sp³-hybridized carbons (Fsp3) is 0.433. The van der Waals surface area contributed by atoms with Gasteiger partial charge in [-0.3, -0.25) is 14.4 Å². The quantitative estimate of drug-likeness (QED) is 0.108. The molecule has 3 rings (SSSR count). The second-order valence-electron chi connectivity index (χ2n) is 9.92. The number of esters is 2. The average Bonchev–Trinajstić information content (AvgIpc) is 3.58. The van der Waals surface area contributed by atoms with Crippen molar-refractivity contribution in [3.8, 4) is 11.5 Å². The Morgan fingerprint density at radius 2 is 1.22 bits per heavy atom. The molecule has 222 valence electrons. The van der Waals surface area contributed by atoms with Crippen molar-refractivity contribution in [3.63, 3.8) is 0 Å². The maximum Gasteiger partial charge on any atom is 0.306 e. The Labute approximate surface area is 248 Å². The summed E-state index contributed by atoms with van der Waals surface area (Å²) in [4.78, 5) is 35.8. The normalized spacial score (nSPS) is 16.0. The van der Waals surface area contributed by atoms with E-state index < -0.39 is 11.2 Å². The number of Topliss-reactive ketones (excluding diaryl/α,β-unsaturated/α-hetero) is 1. The smallest absolute Gasteiger partial charge is 0.306 e. The first kappa shape index (κ1) is 32.5. The van der Waals surface area contributed by atoms with Crippen LogP contribution in [-0.4, -0.2) is 77.1 Å². The third-order valence-electron chi connectivity index (χ3n) is 5.82. The maximum absolute atomic E-state index is 12.0. The Kier molecular flexibility index (Phi) is 12.1. The van der Waals surface area contributed by atoms with Crippen LogP contribution in [0.2, 0.25) is 0 Å². The van der Waals surface area contributed by atoms with Crippen LogP contribution in [0.3, 0.4) is 0 Å². The van der Waals surface area contributed by atoms with Crippen molar-refractivity contribution >= 4 is 44.9 Å². The summed E-state index contributed by atoms with van der Waals surface area (Å²) in [6, 6.07) is 13.8. The molecule has 0 amide bonds. The van der Waals surface area contributed by atoms with Gasteiger partial charge in [0.2, 0.25) is 0 Å². The van der Waals surface area contributed by atoms with Gasteiger partial charge in [-0.25, -0.2) is 0 Å². The van der Waals surface area contributed by atoms with Crippen LogP contribution in [0.5, 0.6) is 11.5 Å². The number of carbonyl (C=O) groups excluding carboxylic acids is 3. The van der Waals surface area contributed by atoms with Gasteiger partial charge in [-0.1, -0.05) is 33.7 Å². The van der Waals surface area contributed by atoms with E-state index in [2.05, 4.69) is 0 Å². The van der Waals surface area contributed by atoms with Crippen LogP contribution in [0.4, 0.5) is 0 Å². The molecule has 0 spiro atoms. The Morgan fingerprint density at radius 1 is 0.780 bits per heavy atom. The molecule has 0 saturated carbocycles. The third kappa shape index (κ3) is 11.4. The highest BCUT2D eigenvalue weighted by atomic mass is 33.1. The van der Waals surface area contributed by atoms with Crippen LogP contribution in [0.15, 0.2) is 54.6 Å². The molecule has 0 aliphatic heterocycles. The molecule has 2 aromatic carbocycles. The fourth-order valence-corrected chi connectivity index (χ4v) is 5.49. The van der Waals surface area contributed by atoms with Crippen molar-refractivity contribution in [1.29, 1.82) is 0 Å². The van der Waals surface area contributed by atoms with E-state index in [0.29, 0.717) is 28.6 Å². The van der Waals surface area contributed by atoms with Crippen molar-refractivity contribution in [3.05, 3.63) is 65.7 Å². The molecule has 0 saturated heterocycles. The van der Waals surface area contributed by atoms with E-state index in [1.165, 1.54) is 35.4 Å². The van der Waals surface area contributed by atoms with Crippen molar-refractivity contribution in [2.24, 2.45) is 0 Å². The topological polar surface area (TPSA) is 129 Å². The van der Waals surface area contributed by atoms with Gasteiger partial charge in [0.05, 0.1) is 12.8 Å². The van der Waals surface area contributed by atoms with E-state index in [0.717, 1.165) is 11.1 Å². The zero-order chi connectivity index (χ0) is 29.9. The van der Waals surface area contributed by atoms with E-state index in [1.54, 1.807) is 37.3 Å². The van der Waals surface area contributed by atoms with E-state index >= 15 is 0 Å². The second-order valence-corrected chi connectivity index (χ2v) is 12.6. The molecule has 1 atom stereocenters. The van der Waals surface area contributed by atoms with Gasteiger partial charge in [-0.2, -0.15) is 0 Å². The van der Waals surface area contributed by atoms with Gasteiger partial charge >= 0.3 is 11.9 Å². The van der Waals surface area contributed by atoms with Crippen LogP contribution in [0.1, 0.15) is 49.5 Å². The van der Waals surface area contributed by atoms with Crippen LogP contribution in [0.25, 0.3) is 5.57 Å². The SMILES string of the molecule is CC(C)(O)C(=O)c1ccc(OCCOC(=O)CCSSCCC(=O)OCCOc2ccc(C3=CC3(C)O)cc2)cc1. The zero-order valence-corrected chi connectivity index (χ0v) is 25.1. The summed E-state index contributed by atoms with van der Waals surface area (Å²) in [5.41, 5.74) is -0.00775. The molecule has 2 N–H and O–H groups in total. The van der Waals surface area contributed by atoms with Crippen LogP contribution < -0.4 is 9.47 Å². The maximum atomic E-state index is 12.0. The van der Waals surface area contributed by atoms with Gasteiger partial charge in [-0.05, 0) is 74.4 Å². The van der Waals surface area contributed by atoms with Gasteiger partial charge in [0, 0.05) is 17.1 Å². The Hall–Kier alpha value is -2.99. The largest absolute Gasteiger partial charge is 0.490 e. The number of benzene rings is 2. The molecule has 11 heteroatoms. The van der Waals surface area contributed by atoms with Crippen LogP contribution in [-0.2, 0) is 19.1 Å². The lowest BCUT2D eigenvalue weighted by atomic mass is 9.97. The van der Waals surface area contributed by atoms with E-state index in [4.69, 9.17) is 18.9 Å². The van der Waals surface area contributed by atoms with Crippen molar-refractivity contribution in [2.45, 2.75) is 44.8 Å². The Bertz CT molecular complexity index is 1200. The Balaban J connectivity index is 1.14. The van der Waals surface area contributed by atoms with Crippen molar-refractivity contribution in [1.82, 2.24) is 0 Å². The van der Waals surface area contributed by atoms with E-state index in [-0.39, 0.29) is 57.0 Å². The average molecular weight is 605 g/mol. The summed E-state index contributed by atoms with van der Waals surface area (Å²) < 4.78 is 21.4. The Morgan fingerprint density at radius 3 is 1.63 bits per heavy atom. The predicted octanol–water partition coefficient (Wildman–Crippen LogP) is 4.49. The number of rotatable bonds is 18. The highest BCUT2D eigenvalue weighted by molar-refractivity contribution is 8.76. The zero-order valence-electron chi connectivity index (χ0n) is 23.4. The summed E-state index contributed by atoms with van der Waals surface area (Å²) in [6.07, 6.45) is 2.30. The second kappa shape index (κ2) is 15.3. The van der Waals surface area contributed by atoms with Gasteiger partial charge in [0.15, 0.2) is 5.78 Å². The van der Waals surface area contributed by atoms with Gasteiger partial charge in [0.1, 0.15) is 49.1 Å². The lowest BCUT2D eigenvalue weighted by Crippen LogP contribution is -2.30. The first-order valence-electron chi connectivity index (χ1n) is 13.2. The summed E-state index contributed by atoms with van der Waals surface area (Å²) in [5, 5.41) is 19.6. The standard InChI is InChI=1S/C30H36O9S2/c1-29(2,34)28(33)22-6-10-24(11-7-22)37-15-17-39-27(32)13-19-41-40-18-12-26(31)38-16-14-36-23-8-4-21(5-9-23)25-20-30(25,3)35/h4-11,20,34-35H,12-19H2,1-3H3. The van der Waals surface area contributed by atoms with Gasteiger partial charge in [0.25, 0.3) is 0 Å². The molecule has 9 nitrogen and oxygen atoms in total. The van der Waals surface area contributed by atoms with Crippen molar-refractivity contribution in [2.75, 3.05) is 37.9 Å². The lowest BCUT2D eigenvalue weighted by Gasteiger charge is -2.15. The molecular weight excluding hydrogens is 568 g/mol. The molecule has 0 aromatic heterocycles. The summed E-state index contributed by atoms with van der Waals surface area (Å²) >= 11 is 0. The number of hydrogen-bond acceptors (Lipinski definition) is 11. The number of ether oxygens (including phenoxy) is 4. The minimum absolute atomic E-state index is 0.101. The highest BCUT2D eigenvalue weighted by Gasteiger charge is 2.37. The third-order valence-corrected chi connectivity index (χ3v) is 8.23. The van der Waals surface area contributed by atoms with Gasteiger partial charge in [-0.15, -0.1) is 0 Å². The molecular formula is C30H36O9S2. The number of hydrogen-bond donors (Lipinski definition) is 2. The predicted molar refractivity (Wildman–Crippen MR) is 159 cm³/mol. The van der Waals surface area contributed by atoms with E-state index in [9.17, 15) is 24.6 Å². The molecule has 0 fully saturated rings. The number of aliphatic hydroxyl groups is 2. The molecule has 0 heterocycles. The molecule has 0 bridgehead atoms. The number of ketones is 1. The minimum Gasteiger partial charge on any atom is -0.490 e. The number of carbonyl (C=O) groups is 3.